The van der Waals surface area contributed by atoms with Crippen molar-refractivity contribution >= 4 is 41.5 Å². The van der Waals surface area contributed by atoms with E-state index < -0.39 is 0 Å². The predicted molar refractivity (Wildman–Crippen MR) is 98.6 cm³/mol. The van der Waals surface area contributed by atoms with Gasteiger partial charge in [0.25, 0.3) is 0 Å². The summed E-state index contributed by atoms with van der Waals surface area (Å²) in [6.07, 6.45) is 1.14. The molecule has 0 spiro atoms. The van der Waals surface area contributed by atoms with Gasteiger partial charge in [0, 0.05) is 44.7 Å². The summed E-state index contributed by atoms with van der Waals surface area (Å²) in [6.45, 7) is 3.46. The van der Waals surface area contributed by atoms with Gasteiger partial charge in [-0.05, 0) is 24.1 Å². The van der Waals surface area contributed by atoms with Crippen LogP contribution < -0.4 is 5.32 Å². The molecule has 1 heterocycles. The fraction of sp³-hybridized carbons (Fsp3) is 0.533. The van der Waals surface area contributed by atoms with Gasteiger partial charge in [-0.1, -0.05) is 23.7 Å². The van der Waals surface area contributed by atoms with Gasteiger partial charge in [-0.2, -0.15) is 0 Å². The van der Waals surface area contributed by atoms with Gasteiger partial charge in [-0.25, -0.2) is 0 Å². The summed E-state index contributed by atoms with van der Waals surface area (Å²) in [5.74, 6) is 1.51. The van der Waals surface area contributed by atoms with Crippen LogP contribution in [-0.4, -0.2) is 44.7 Å². The van der Waals surface area contributed by atoms with Crippen molar-refractivity contribution in [3.8, 4) is 0 Å². The number of halogens is 2. The van der Waals surface area contributed by atoms with Crippen LogP contribution in [0.3, 0.4) is 0 Å². The van der Waals surface area contributed by atoms with Crippen LogP contribution >= 0.6 is 35.6 Å². The van der Waals surface area contributed by atoms with Crippen molar-refractivity contribution in [2.24, 2.45) is 10.9 Å². The molecule has 118 valence electrons. The van der Waals surface area contributed by atoms with E-state index in [2.05, 4.69) is 22.3 Å². The molecule has 1 N–H and O–H groups in total. The van der Waals surface area contributed by atoms with Gasteiger partial charge in [-0.3, -0.25) is 4.99 Å². The van der Waals surface area contributed by atoms with E-state index in [4.69, 9.17) is 16.3 Å². The van der Waals surface area contributed by atoms with E-state index in [0.29, 0.717) is 5.92 Å². The summed E-state index contributed by atoms with van der Waals surface area (Å²) in [7, 11) is 3.88. The number of nitrogens with one attached hydrogen (secondary N) is 1. The van der Waals surface area contributed by atoms with Crippen molar-refractivity contribution < 1.29 is 4.74 Å². The Morgan fingerprint density at radius 3 is 2.71 bits per heavy atom. The van der Waals surface area contributed by atoms with E-state index in [9.17, 15) is 0 Å². The number of aliphatic imine (C=N–C) groups is 1. The van der Waals surface area contributed by atoms with Crippen molar-refractivity contribution in [2.45, 2.75) is 13.0 Å². The summed E-state index contributed by atoms with van der Waals surface area (Å²) < 4.78 is 5.41. The van der Waals surface area contributed by atoms with Crippen LogP contribution in [0.2, 0.25) is 5.02 Å². The van der Waals surface area contributed by atoms with E-state index in [-0.39, 0.29) is 24.0 Å². The number of rotatable bonds is 4. The first-order valence-electron chi connectivity index (χ1n) is 6.93. The van der Waals surface area contributed by atoms with E-state index in [1.165, 1.54) is 5.56 Å². The van der Waals surface area contributed by atoms with E-state index >= 15 is 0 Å². The monoisotopic (exact) mass is 423 g/mol. The van der Waals surface area contributed by atoms with Crippen molar-refractivity contribution in [3.63, 3.8) is 0 Å². The minimum Gasteiger partial charge on any atom is -0.381 e. The second-order valence-electron chi connectivity index (χ2n) is 5.14. The van der Waals surface area contributed by atoms with Gasteiger partial charge in [0.1, 0.15) is 0 Å². The van der Waals surface area contributed by atoms with Crippen LogP contribution in [0.1, 0.15) is 12.0 Å². The van der Waals surface area contributed by atoms with Gasteiger partial charge in [0.05, 0.1) is 6.61 Å². The Bertz CT molecular complexity index is 447. The quantitative estimate of drug-likeness (QED) is 0.459. The molecule has 1 aromatic rings. The maximum atomic E-state index is 5.88. The van der Waals surface area contributed by atoms with E-state index in [1.54, 1.807) is 0 Å². The van der Waals surface area contributed by atoms with Crippen LogP contribution in [0.5, 0.6) is 0 Å². The van der Waals surface area contributed by atoms with Crippen LogP contribution in [0.15, 0.2) is 29.3 Å². The van der Waals surface area contributed by atoms with Crippen molar-refractivity contribution in [3.05, 3.63) is 34.9 Å². The molecule has 2 rings (SSSR count). The van der Waals surface area contributed by atoms with Gasteiger partial charge in [-0.15, -0.1) is 24.0 Å². The molecule has 0 bridgehead atoms. The molecule has 4 nitrogen and oxygen atoms in total. The fourth-order valence-corrected chi connectivity index (χ4v) is 2.50. The molecule has 1 atom stereocenters. The summed E-state index contributed by atoms with van der Waals surface area (Å²) in [6, 6.07) is 7.85. The third-order valence-electron chi connectivity index (χ3n) is 3.49. The van der Waals surface area contributed by atoms with Crippen LogP contribution in [0.4, 0.5) is 0 Å². The standard InChI is InChI=1S/C15H22ClN3O.HI/c1-17-15(19(2)10-13-7-8-20-11-13)18-9-12-3-5-14(16)6-4-12;/h3-6,13H,7-11H2,1-2H3,(H,17,18);1H. The molecule has 1 aromatic carbocycles. The van der Waals surface area contributed by atoms with Crippen LogP contribution in [0, 0.1) is 5.92 Å². The molecular weight excluding hydrogens is 401 g/mol. The van der Waals surface area contributed by atoms with Gasteiger partial charge in [0.2, 0.25) is 0 Å². The largest absolute Gasteiger partial charge is 0.381 e. The Kier molecular flexibility index (Phi) is 8.36. The van der Waals surface area contributed by atoms with Crippen LogP contribution in [0.25, 0.3) is 0 Å². The highest BCUT2D eigenvalue weighted by Crippen LogP contribution is 2.13. The molecule has 0 saturated carbocycles. The molecule has 0 aliphatic carbocycles. The smallest absolute Gasteiger partial charge is 0.193 e. The third-order valence-corrected chi connectivity index (χ3v) is 3.75. The highest BCUT2D eigenvalue weighted by Gasteiger charge is 2.18. The summed E-state index contributed by atoms with van der Waals surface area (Å²) in [5.41, 5.74) is 1.19. The van der Waals surface area contributed by atoms with Crippen molar-refractivity contribution in [1.82, 2.24) is 10.2 Å². The lowest BCUT2D eigenvalue weighted by Gasteiger charge is -2.24. The molecule has 1 aliphatic rings. The summed E-state index contributed by atoms with van der Waals surface area (Å²) in [4.78, 5) is 6.49. The molecule has 1 saturated heterocycles. The number of benzene rings is 1. The molecule has 1 aliphatic heterocycles. The minimum atomic E-state index is 0. The molecule has 1 fully saturated rings. The summed E-state index contributed by atoms with van der Waals surface area (Å²) in [5, 5.41) is 4.13. The Balaban J connectivity index is 0.00000220. The third kappa shape index (κ3) is 6.00. The molecule has 0 aromatic heterocycles. The van der Waals surface area contributed by atoms with Gasteiger partial charge in [0.15, 0.2) is 5.96 Å². The predicted octanol–water partition coefficient (Wildman–Crippen LogP) is 3.00. The average Bonchev–Trinajstić information content (AvgIpc) is 2.94. The average molecular weight is 424 g/mol. The lowest BCUT2D eigenvalue weighted by Crippen LogP contribution is -2.41. The SMILES string of the molecule is CN=C(NCc1ccc(Cl)cc1)N(C)CC1CCOC1.I. The first kappa shape index (κ1) is 18.5. The molecular formula is C15H23ClIN3O. The zero-order valence-electron chi connectivity index (χ0n) is 12.5. The Morgan fingerprint density at radius 2 is 2.14 bits per heavy atom. The highest BCUT2D eigenvalue weighted by molar-refractivity contribution is 14.0. The zero-order chi connectivity index (χ0) is 14.4. The number of hydrogen-bond acceptors (Lipinski definition) is 2. The highest BCUT2D eigenvalue weighted by atomic mass is 127. The second kappa shape index (κ2) is 9.48. The maximum absolute atomic E-state index is 5.88. The normalized spacial score (nSPS) is 18.2. The second-order valence-corrected chi connectivity index (χ2v) is 5.57. The molecule has 0 radical (unpaired) electrons. The minimum absolute atomic E-state index is 0. The Morgan fingerprint density at radius 1 is 1.43 bits per heavy atom. The topological polar surface area (TPSA) is 36.9 Å². The number of guanidine groups is 1. The first-order chi connectivity index (χ1) is 9.69. The maximum Gasteiger partial charge on any atom is 0.193 e. The number of nitrogens with zero attached hydrogens (tertiary/aromatic N) is 2. The number of ether oxygens (including phenoxy) is 1. The molecule has 1 unspecified atom stereocenters. The van der Waals surface area contributed by atoms with Crippen molar-refractivity contribution in [1.29, 1.82) is 0 Å². The van der Waals surface area contributed by atoms with Gasteiger partial charge >= 0.3 is 0 Å². The summed E-state index contributed by atoms with van der Waals surface area (Å²) >= 11 is 5.88. The zero-order valence-corrected chi connectivity index (χ0v) is 15.6. The fourth-order valence-electron chi connectivity index (χ4n) is 2.37. The lowest BCUT2D eigenvalue weighted by atomic mass is 10.1. The Labute approximate surface area is 148 Å². The first-order valence-corrected chi connectivity index (χ1v) is 7.31. The number of hydrogen-bond donors (Lipinski definition) is 1. The lowest BCUT2D eigenvalue weighted by molar-refractivity contribution is 0.181. The van der Waals surface area contributed by atoms with Crippen LogP contribution in [-0.2, 0) is 11.3 Å². The van der Waals surface area contributed by atoms with E-state index in [1.807, 2.05) is 31.3 Å². The molecule has 0 amide bonds. The Hall–Kier alpha value is -0.530. The van der Waals surface area contributed by atoms with Crippen molar-refractivity contribution in [2.75, 3.05) is 33.9 Å². The molecule has 21 heavy (non-hydrogen) atoms. The van der Waals surface area contributed by atoms with E-state index in [0.717, 1.165) is 43.7 Å². The molecule has 6 heteroatoms. The van der Waals surface area contributed by atoms with Gasteiger partial charge < -0.3 is 15.0 Å².